The van der Waals surface area contributed by atoms with Gasteiger partial charge in [-0.15, -0.1) is 0 Å². The quantitative estimate of drug-likeness (QED) is 0.771. The van der Waals surface area contributed by atoms with Gasteiger partial charge in [0.2, 0.25) is 0 Å². The summed E-state index contributed by atoms with van der Waals surface area (Å²) in [6, 6.07) is 9.75. The lowest BCUT2D eigenvalue weighted by molar-refractivity contribution is -0.131. The fraction of sp³-hybridized carbons (Fsp3) is 0.500. The van der Waals surface area contributed by atoms with E-state index in [1.54, 1.807) is 7.11 Å². The molecule has 0 bridgehead atoms. The number of amides is 1. The third kappa shape index (κ3) is 4.47. The topological polar surface area (TPSA) is 50.4 Å². The van der Waals surface area contributed by atoms with Crippen molar-refractivity contribution < 1.29 is 9.53 Å². The molecule has 0 heterocycles. The Morgan fingerprint density at radius 3 is 2.56 bits per heavy atom. The van der Waals surface area contributed by atoms with Crippen molar-refractivity contribution in [3.8, 4) is 0 Å². The average molecular weight is 250 g/mol. The van der Waals surface area contributed by atoms with Crippen molar-refractivity contribution in [3.63, 3.8) is 0 Å². The summed E-state index contributed by atoms with van der Waals surface area (Å²) in [5, 5.41) is 6.13. The number of nitrogens with one attached hydrogen (secondary N) is 2. The van der Waals surface area contributed by atoms with Crippen molar-refractivity contribution >= 4 is 5.91 Å². The van der Waals surface area contributed by atoms with E-state index in [1.165, 1.54) is 0 Å². The zero-order chi connectivity index (χ0) is 13.4. The maximum absolute atomic E-state index is 12.0. The standard InChI is InChI=1S/C14H22N2O2/c1-4-15-11(2)10-16-14(17)13(18-3)12-8-6-5-7-9-12/h5-9,11,13,15H,4,10H2,1-3H3,(H,16,17)/t11-,13?/m1/s1. The first-order valence-electron chi connectivity index (χ1n) is 6.27. The number of carbonyl (C=O) groups is 1. The average Bonchev–Trinajstić information content (AvgIpc) is 2.39. The molecule has 1 aromatic rings. The molecule has 0 radical (unpaired) electrons. The Labute approximate surface area is 109 Å². The number of benzene rings is 1. The van der Waals surface area contributed by atoms with Crippen molar-refractivity contribution in [2.24, 2.45) is 0 Å². The third-order valence-corrected chi connectivity index (χ3v) is 2.71. The minimum atomic E-state index is -0.542. The van der Waals surface area contributed by atoms with Gasteiger partial charge in [0.05, 0.1) is 0 Å². The Bertz CT molecular complexity index is 354. The normalized spacial score (nSPS) is 13.9. The fourth-order valence-electron chi connectivity index (χ4n) is 1.79. The van der Waals surface area contributed by atoms with Crippen LogP contribution in [0.4, 0.5) is 0 Å². The van der Waals surface area contributed by atoms with Crippen LogP contribution in [0.1, 0.15) is 25.5 Å². The monoisotopic (exact) mass is 250 g/mol. The lowest BCUT2D eigenvalue weighted by Gasteiger charge is -2.18. The van der Waals surface area contributed by atoms with Gasteiger partial charge in [0, 0.05) is 19.7 Å². The number of likely N-dealkylation sites (N-methyl/N-ethyl adjacent to an activating group) is 1. The predicted octanol–water partition coefficient (Wildman–Crippen LogP) is 1.49. The molecular weight excluding hydrogens is 228 g/mol. The summed E-state index contributed by atoms with van der Waals surface area (Å²) in [4.78, 5) is 12.0. The van der Waals surface area contributed by atoms with Gasteiger partial charge in [0.1, 0.15) is 0 Å². The van der Waals surface area contributed by atoms with Crippen LogP contribution in [-0.2, 0) is 9.53 Å². The Balaban J connectivity index is 2.53. The molecule has 2 atom stereocenters. The third-order valence-electron chi connectivity index (χ3n) is 2.71. The van der Waals surface area contributed by atoms with Crippen LogP contribution in [0.15, 0.2) is 30.3 Å². The molecule has 0 aliphatic heterocycles. The Morgan fingerprint density at radius 2 is 2.00 bits per heavy atom. The summed E-state index contributed by atoms with van der Waals surface area (Å²) in [6.45, 7) is 5.57. The smallest absolute Gasteiger partial charge is 0.253 e. The van der Waals surface area contributed by atoms with Crippen LogP contribution < -0.4 is 10.6 Å². The number of methoxy groups -OCH3 is 1. The number of ether oxygens (including phenoxy) is 1. The largest absolute Gasteiger partial charge is 0.367 e. The van der Waals surface area contributed by atoms with E-state index < -0.39 is 6.10 Å². The molecule has 1 aromatic carbocycles. The van der Waals surface area contributed by atoms with Crippen LogP contribution in [0.3, 0.4) is 0 Å². The summed E-state index contributed by atoms with van der Waals surface area (Å²) in [7, 11) is 1.55. The first-order valence-corrected chi connectivity index (χ1v) is 6.27. The van der Waals surface area contributed by atoms with Gasteiger partial charge in [-0.1, -0.05) is 37.3 Å². The zero-order valence-electron chi connectivity index (χ0n) is 11.3. The maximum Gasteiger partial charge on any atom is 0.253 e. The van der Waals surface area contributed by atoms with Crippen molar-refractivity contribution in [1.82, 2.24) is 10.6 Å². The summed E-state index contributed by atoms with van der Waals surface area (Å²) in [5.74, 6) is -0.103. The van der Waals surface area contributed by atoms with E-state index in [2.05, 4.69) is 10.6 Å². The number of hydrogen-bond donors (Lipinski definition) is 2. The van der Waals surface area contributed by atoms with Gasteiger partial charge in [-0.05, 0) is 19.0 Å². The second-order valence-electron chi connectivity index (χ2n) is 4.23. The van der Waals surface area contributed by atoms with Crippen LogP contribution in [0, 0.1) is 0 Å². The molecule has 2 N–H and O–H groups in total. The van der Waals surface area contributed by atoms with Crippen LogP contribution in [0.2, 0.25) is 0 Å². The first-order chi connectivity index (χ1) is 8.69. The van der Waals surface area contributed by atoms with E-state index >= 15 is 0 Å². The number of rotatable bonds is 7. The second-order valence-corrected chi connectivity index (χ2v) is 4.23. The molecule has 4 nitrogen and oxygen atoms in total. The minimum Gasteiger partial charge on any atom is -0.367 e. The summed E-state index contributed by atoms with van der Waals surface area (Å²) >= 11 is 0. The van der Waals surface area contributed by atoms with Gasteiger partial charge < -0.3 is 15.4 Å². The van der Waals surface area contributed by atoms with E-state index in [1.807, 2.05) is 44.2 Å². The summed E-state index contributed by atoms with van der Waals surface area (Å²) in [5.41, 5.74) is 0.869. The van der Waals surface area contributed by atoms with Gasteiger partial charge in [0.15, 0.2) is 6.10 Å². The van der Waals surface area contributed by atoms with Gasteiger partial charge >= 0.3 is 0 Å². The van der Waals surface area contributed by atoms with E-state index in [9.17, 15) is 4.79 Å². The molecule has 0 fully saturated rings. The molecule has 0 spiro atoms. The SMILES string of the molecule is CCN[C@H](C)CNC(=O)C(OC)c1ccccc1. The van der Waals surface area contributed by atoms with Crippen LogP contribution in [0.5, 0.6) is 0 Å². The van der Waals surface area contributed by atoms with Gasteiger partial charge in [-0.25, -0.2) is 0 Å². The lowest BCUT2D eigenvalue weighted by Crippen LogP contribution is -2.40. The maximum atomic E-state index is 12.0. The molecule has 1 amide bonds. The first kappa shape index (κ1) is 14.7. The predicted molar refractivity (Wildman–Crippen MR) is 72.3 cm³/mol. The Morgan fingerprint density at radius 1 is 1.33 bits per heavy atom. The number of carbonyl (C=O) groups excluding carboxylic acids is 1. The highest BCUT2D eigenvalue weighted by Crippen LogP contribution is 2.15. The highest BCUT2D eigenvalue weighted by atomic mass is 16.5. The second kappa shape index (κ2) is 7.84. The van der Waals surface area contributed by atoms with E-state index in [0.717, 1.165) is 12.1 Å². The molecule has 1 unspecified atom stereocenters. The number of hydrogen-bond acceptors (Lipinski definition) is 3. The van der Waals surface area contributed by atoms with Gasteiger partial charge in [-0.3, -0.25) is 4.79 Å². The van der Waals surface area contributed by atoms with E-state index in [0.29, 0.717) is 6.54 Å². The van der Waals surface area contributed by atoms with Crippen LogP contribution >= 0.6 is 0 Å². The van der Waals surface area contributed by atoms with Gasteiger partial charge in [-0.2, -0.15) is 0 Å². The lowest BCUT2D eigenvalue weighted by atomic mass is 10.1. The summed E-state index contributed by atoms with van der Waals surface area (Å²) < 4.78 is 5.26. The fourth-order valence-corrected chi connectivity index (χ4v) is 1.79. The Kier molecular flexibility index (Phi) is 6.39. The highest BCUT2D eigenvalue weighted by molar-refractivity contribution is 5.82. The molecule has 100 valence electrons. The molecule has 4 heteroatoms. The Hall–Kier alpha value is -1.39. The van der Waals surface area contributed by atoms with E-state index in [-0.39, 0.29) is 11.9 Å². The zero-order valence-corrected chi connectivity index (χ0v) is 11.3. The van der Waals surface area contributed by atoms with Crippen LogP contribution in [-0.4, -0.2) is 32.1 Å². The molecular formula is C14H22N2O2. The minimum absolute atomic E-state index is 0.103. The molecule has 0 saturated carbocycles. The molecule has 1 rings (SSSR count). The molecule has 18 heavy (non-hydrogen) atoms. The highest BCUT2D eigenvalue weighted by Gasteiger charge is 2.19. The van der Waals surface area contributed by atoms with Gasteiger partial charge in [0.25, 0.3) is 5.91 Å². The van der Waals surface area contributed by atoms with Crippen molar-refractivity contribution in [1.29, 1.82) is 0 Å². The molecule has 0 aliphatic carbocycles. The molecule has 0 saturated heterocycles. The molecule has 0 aliphatic rings. The molecule has 0 aromatic heterocycles. The van der Waals surface area contributed by atoms with Crippen LogP contribution in [0.25, 0.3) is 0 Å². The van der Waals surface area contributed by atoms with Crippen molar-refractivity contribution in [3.05, 3.63) is 35.9 Å². The van der Waals surface area contributed by atoms with Crippen molar-refractivity contribution in [2.45, 2.75) is 26.0 Å². The van der Waals surface area contributed by atoms with Crippen molar-refractivity contribution in [2.75, 3.05) is 20.2 Å². The summed E-state index contributed by atoms with van der Waals surface area (Å²) in [6.07, 6.45) is -0.542. The van der Waals surface area contributed by atoms with E-state index in [4.69, 9.17) is 4.74 Å².